The Labute approximate surface area is 208 Å². The smallest absolute Gasteiger partial charge is 0.308 e. The summed E-state index contributed by atoms with van der Waals surface area (Å²) in [7, 11) is -7.89. The van der Waals surface area contributed by atoms with Crippen molar-refractivity contribution in [1.82, 2.24) is 0 Å². The van der Waals surface area contributed by atoms with Crippen LogP contribution in [0.4, 0.5) is 32.3 Å². The van der Waals surface area contributed by atoms with Gasteiger partial charge in [0.2, 0.25) is 20.0 Å². The Morgan fingerprint density at radius 3 is 1.36 bits per heavy atom. The lowest BCUT2D eigenvalue weighted by Gasteiger charge is -2.13. The van der Waals surface area contributed by atoms with Crippen LogP contribution in [-0.2, 0) is 20.0 Å². The first-order valence-corrected chi connectivity index (χ1v) is 13.3. The van der Waals surface area contributed by atoms with Crippen LogP contribution in [0.2, 0.25) is 0 Å². The van der Waals surface area contributed by atoms with Gasteiger partial charge in [-0.3, -0.25) is 0 Å². The van der Waals surface area contributed by atoms with Gasteiger partial charge in [-0.15, -0.1) is 0 Å². The Balaban J connectivity index is 1.68. The predicted octanol–water partition coefficient (Wildman–Crippen LogP) is 2.89. The van der Waals surface area contributed by atoms with Crippen molar-refractivity contribution >= 4 is 54.9 Å². The number of nitrogens with two attached hydrogens (primary N) is 2. The monoisotopic (exact) mass is 532 g/mol. The highest BCUT2D eigenvalue weighted by molar-refractivity contribution is 7.89. The molecule has 0 saturated carbocycles. The fourth-order valence-electron chi connectivity index (χ4n) is 3.07. The molecule has 0 saturated heterocycles. The van der Waals surface area contributed by atoms with Crippen molar-refractivity contribution in [2.24, 2.45) is 10.3 Å². The van der Waals surface area contributed by atoms with E-state index in [2.05, 4.69) is 21.3 Å². The van der Waals surface area contributed by atoms with Crippen LogP contribution < -0.4 is 31.5 Å². The van der Waals surface area contributed by atoms with E-state index >= 15 is 0 Å². The molecule has 4 amide bonds. The van der Waals surface area contributed by atoms with Gasteiger partial charge in [0, 0.05) is 22.7 Å². The van der Waals surface area contributed by atoms with Crippen LogP contribution in [0.3, 0.4) is 0 Å². The van der Waals surface area contributed by atoms with Gasteiger partial charge in [0.1, 0.15) is 0 Å². The quantitative estimate of drug-likeness (QED) is 0.281. The Morgan fingerprint density at radius 1 is 0.611 bits per heavy atom. The molecule has 0 aliphatic carbocycles. The lowest BCUT2D eigenvalue weighted by atomic mass is 10.2. The number of anilines is 4. The predicted molar refractivity (Wildman–Crippen MR) is 137 cm³/mol. The maximum absolute atomic E-state index is 12.5. The van der Waals surface area contributed by atoms with Gasteiger partial charge in [0.05, 0.1) is 9.79 Å². The molecule has 0 spiro atoms. The Hall–Kier alpha value is -3.98. The largest absolute Gasteiger partial charge is 0.323 e. The standard InChI is InChI=1S/C22H24N6O6S2/c1-13-6-8-17(35(23,31)32)11-19(13)27-21(29)25-15-4-3-5-16(10-15)26-22(30)28-20-12-18(36(24,33)34)9-7-14(20)2/h3-12H,1-2H3,(H2,23,31,32)(H2,24,33,34)(H2,25,27,29)(H2,26,28,30). The van der Waals surface area contributed by atoms with Crippen molar-refractivity contribution in [2.45, 2.75) is 23.6 Å². The van der Waals surface area contributed by atoms with Gasteiger partial charge in [0.15, 0.2) is 0 Å². The number of benzene rings is 3. The fourth-order valence-corrected chi connectivity index (χ4v) is 4.15. The third-order valence-corrected chi connectivity index (χ3v) is 6.77. The average Bonchev–Trinajstić information content (AvgIpc) is 2.75. The van der Waals surface area contributed by atoms with E-state index in [-0.39, 0.29) is 21.2 Å². The molecule has 0 radical (unpaired) electrons. The average molecular weight is 533 g/mol. The van der Waals surface area contributed by atoms with Crippen molar-refractivity contribution < 1.29 is 26.4 Å². The zero-order chi connectivity index (χ0) is 26.7. The number of nitrogens with one attached hydrogen (secondary N) is 4. The summed E-state index contributed by atoms with van der Waals surface area (Å²) in [4.78, 5) is 24.6. The molecular formula is C22H24N6O6S2. The second kappa shape index (κ2) is 10.3. The summed E-state index contributed by atoms with van der Waals surface area (Å²) < 4.78 is 46.3. The minimum absolute atomic E-state index is 0.148. The van der Waals surface area contributed by atoms with E-state index in [0.29, 0.717) is 22.5 Å². The number of primary sulfonamides is 2. The molecule has 0 atom stereocenters. The molecule has 0 unspecified atom stereocenters. The molecule has 3 rings (SSSR count). The molecule has 190 valence electrons. The number of hydrogen-bond acceptors (Lipinski definition) is 6. The number of sulfonamides is 2. The highest BCUT2D eigenvalue weighted by Crippen LogP contribution is 2.22. The summed E-state index contributed by atoms with van der Waals surface area (Å²) in [5, 5.41) is 20.6. The van der Waals surface area contributed by atoms with E-state index in [1.165, 1.54) is 42.5 Å². The van der Waals surface area contributed by atoms with E-state index in [4.69, 9.17) is 10.3 Å². The molecule has 3 aromatic rings. The van der Waals surface area contributed by atoms with Crippen molar-refractivity contribution in [3.05, 3.63) is 71.8 Å². The molecule has 0 fully saturated rings. The summed E-state index contributed by atoms with van der Waals surface area (Å²) in [6.07, 6.45) is 0. The lowest BCUT2D eigenvalue weighted by molar-refractivity contribution is 0.261. The van der Waals surface area contributed by atoms with Crippen LogP contribution >= 0.6 is 0 Å². The number of rotatable bonds is 6. The van der Waals surface area contributed by atoms with Gasteiger partial charge in [-0.05, 0) is 67.4 Å². The van der Waals surface area contributed by atoms with Crippen molar-refractivity contribution in [1.29, 1.82) is 0 Å². The van der Waals surface area contributed by atoms with E-state index < -0.39 is 32.1 Å². The van der Waals surface area contributed by atoms with Gasteiger partial charge < -0.3 is 21.3 Å². The topological polar surface area (TPSA) is 203 Å². The van der Waals surface area contributed by atoms with Crippen LogP contribution in [0, 0.1) is 13.8 Å². The lowest BCUT2D eigenvalue weighted by Crippen LogP contribution is -2.22. The van der Waals surface area contributed by atoms with Crippen LogP contribution in [0.25, 0.3) is 0 Å². The first-order chi connectivity index (χ1) is 16.7. The zero-order valence-corrected chi connectivity index (χ0v) is 20.8. The Kier molecular flexibility index (Phi) is 7.64. The third kappa shape index (κ3) is 7.02. The van der Waals surface area contributed by atoms with Crippen molar-refractivity contribution in [3.8, 4) is 0 Å². The van der Waals surface area contributed by atoms with E-state index in [9.17, 15) is 26.4 Å². The molecule has 3 aromatic carbocycles. The number of carbonyl (C=O) groups is 2. The van der Waals surface area contributed by atoms with Gasteiger partial charge in [-0.1, -0.05) is 18.2 Å². The summed E-state index contributed by atoms with van der Waals surface area (Å²) in [6, 6.07) is 13.1. The minimum atomic E-state index is -3.94. The van der Waals surface area contributed by atoms with Crippen LogP contribution in [0.15, 0.2) is 70.5 Å². The molecular weight excluding hydrogens is 508 g/mol. The van der Waals surface area contributed by atoms with Gasteiger partial charge in [-0.2, -0.15) is 0 Å². The van der Waals surface area contributed by atoms with Gasteiger partial charge in [0.25, 0.3) is 0 Å². The number of amides is 4. The second-order valence-electron chi connectivity index (χ2n) is 7.78. The summed E-state index contributed by atoms with van der Waals surface area (Å²) >= 11 is 0. The number of hydrogen-bond donors (Lipinski definition) is 6. The number of urea groups is 2. The molecule has 0 aromatic heterocycles. The Bertz CT molecular complexity index is 1440. The number of aryl methyl sites for hydroxylation is 2. The summed E-state index contributed by atoms with van der Waals surface area (Å²) in [6.45, 7) is 3.37. The summed E-state index contributed by atoms with van der Waals surface area (Å²) in [5.74, 6) is 0. The molecule has 14 heteroatoms. The minimum Gasteiger partial charge on any atom is -0.308 e. The second-order valence-corrected chi connectivity index (χ2v) is 10.9. The van der Waals surface area contributed by atoms with E-state index in [0.717, 1.165) is 0 Å². The van der Waals surface area contributed by atoms with Gasteiger partial charge >= 0.3 is 12.1 Å². The summed E-state index contributed by atoms with van der Waals surface area (Å²) in [5.41, 5.74) is 2.41. The number of carbonyl (C=O) groups excluding carboxylic acids is 2. The molecule has 0 aliphatic heterocycles. The molecule has 0 aliphatic rings. The first kappa shape index (κ1) is 26.6. The maximum Gasteiger partial charge on any atom is 0.323 e. The fraction of sp³-hybridized carbons (Fsp3) is 0.0909. The zero-order valence-electron chi connectivity index (χ0n) is 19.2. The van der Waals surface area contributed by atoms with Crippen molar-refractivity contribution in [3.63, 3.8) is 0 Å². The SMILES string of the molecule is Cc1ccc(S(N)(=O)=O)cc1NC(=O)Nc1cccc(NC(=O)Nc2cc(S(N)(=O)=O)ccc2C)c1. The van der Waals surface area contributed by atoms with E-state index in [1.54, 1.807) is 32.0 Å². The Morgan fingerprint density at radius 2 is 1.00 bits per heavy atom. The normalized spacial score (nSPS) is 11.4. The first-order valence-electron chi connectivity index (χ1n) is 10.3. The van der Waals surface area contributed by atoms with Gasteiger partial charge in [-0.25, -0.2) is 36.7 Å². The van der Waals surface area contributed by atoms with Crippen molar-refractivity contribution in [2.75, 3.05) is 21.3 Å². The van der Waals surface area contributed by atoms with Crippen LogP contribution in [-0.4, -0.2) is 28.9 Å². The molecule has 12 nitrogen and oxygen atoms in total. The van der Waals surface area contributed by atoms with E-state index in [1.807, 2.05) is 0 Å². The third-order valence-electron chi connectivity index (χ3n) is 4.95. The molecule has 0 bridgehead atoms. The van der Waals surface area contributed by atoms with Crippen LogP contribution in [0.5, 0.6) is 0 Å². The maximum atomic E-state index is 12.5. The highest BCUT2D eigenvalue weighted by atomic mass is 32.2. The molecule has 8 N–H and O–H groups in total. The molecule has 36 heavy (non-hydrogen) atoms. The highest BCUT2D eigenvalue weighted by Gasteiger charge is 2.14. The molecule has 0 heterocycles. The van der Waals surface area contributed by atoms with Crippen LogP contribution in [0.1, 0.15) is 11.1 Å².